The molecular formula is C15H15N3O3. The SMILES string of the molecule is O=C1CC[C@H](C(=O)NCc2cc(-c3ccccc3)on2)N1. The van der Waals surface area contributed by atoms with Crippen molar-refractivity contribution in [2.75, 3.05) is 0 Å². The van der Waals surface area contributed by atoms with Gasteiger partial charge in [0, 0.05) is 18.1 Å². The summed E-state index contributed by atoms with van der Waals surface area (Å²) in [6.45, 7) is 0.279. The molecule has 1 aliphatic heterocycles. The van der Waals surface area contributed by atoms with Gasteiger partial charge in [0.25, 0.3) is 0 Å². The molecular weight excluding hydrogens is 270 g/mol. The van der Waals surface area contributed by atoms with E-state index in [4.69, 9.17) is 4.52 Å². The smallest absolute Gasteiger partial charge is 0.242 e. The predicted octanol–water partition coefficient (Wildman–Crippen LogP) is 1.24. The Balaban J connectivity index is 1.58. The van der Waals surface area contributed by atoms with Crippen molar-refractivity contribution < 1.29 is 14.1 Å². The second-order valence-corrected chi connectivity index (χ2v) is 4.93. The van der Waals surface area contributed by atoms with Gasteiger partial charge in [-0.1, -0.05) is 35.5 Å². The van der Waals surface area contributed by atoms with E-state index in [1.165, 1.54) is 0 Å². The molecule has 0 unspecified atom stereocenters. The number of benzene rings is 1. The first kappa shape index (κ1) is 13.4. The van der Waals surface area contributed by atoms with Crippen LogP contribution < -0.4 is 10.6 Å². The summed E-state index contributed by atoms with van der Waals surface area (Å²) in [6.07, 6.45) is 0.943. The zero-order valence-corrected chi connectivity index (χ0v) is 11.3. The van der Waals surface area contributed by atoms with Gasteiger partial charge in [-0.05, 0) is 6.42 Å². The lowest BCUT2D eigenvalue weighted by Crippen LogP contribution is -2.41. The Hall–Kier alpha value is -2.63. The summed E-state index contributed by atoms with van der Waals surface area (Å²) in [4.78, 5) is 22.9. The minimum Gasteiger partial charge on any atom is -0.356 e. The van der Waals surface area contributed by atoms with E-state index in [0.29, 0.717) is 24.3 Å². The summed E-state index contributed by atoms with van der Waals surface area (Å²) in [5.74, 6) is 0.391. The third-order valence-corrected chi connectivity index (χ3v) is 3.37. The highest BCUT2D eigenvalue weighted by molar-refractivity contribution is 5.90. The lowest BCUT2D eigenvalue weighted by molar-refractivity contribution is -0.125. The van der Waals surface area contributed by atoms with Crippen LogP contribution in [0, 0.1) is 0 Å². The van der Waals surface area contributed by atoms with Crippen LogP contribution in [0.2, 0.25) is 0 Å². The van der Waals surface area contributed by atoms with E-state index in [9.17, 15) is 9.59 Å². The Bertz CT molecular complexity index is 651. The van der Waals surface area contributed by atoms with Crippen molar-refractivity contribution in [3.8, 4) is 11.3 Å². The largest absolute Gasteiger partial charge is 0.356 e. The molecule has 1 aromatic carbocycles. The fourth-order valence-corrected chi connectivity index (χ4v) is 2.25. The Labute approximate surface area is 121 Å². The molecule has 1 aromatic heterocycles. The number of nitrogens with one attached hydrogen (secondary N) is 2. The van der Waals surface area contributed by atoms with Crippen molar-refractivity contribution in [3.63, 3.8) is 0 Å². The van der Waals surface area contributed by atoms with Gasteiger partial charge in [-0.25, -0.2) is 0 Å². The van der Waals surface area contributed by atoms with Crippen LogP contribution in [0.3, 0.4) is 0 Å². The highest BCUT2D eigenvalue weighted by Crippen LogP contribution is 2.19. The minimum absolute atomic E-state index is 0.0806. The van der Waals surface area contributed by atoms with E-state index in [2.05, 4.69) is 15.8 Å². The Morgan fingerprint density at radius 1 is 1.38 bits per heavy atom. The Kier molecular flexibility index (Phi) is 3.68. The molecule has 1 aliphatic rings. The third kappa shape index (κ3) is 3.10. The van der Waals surface area contributed by atoms with Crippen LogP contribution in [0.5, 0.6) is 0 Å². The molecule has 6 heteroatoms. The highest BCUT2D eigenvalue weighted by atomic mass is 16.5. The maximum Gasteiger partial charge on any atom is 0.242 e. The fourth-order valence-electron chi connectivity index (χ4n) is 2.25. The summed E-state index contributed by atoms with van der Waals surface area (Å²) in [7, 11) is 0. The van der Waals surface area contributed by atoms with Crippen LogP contribution >= 0.6 is 0 Å². The highest BCUT2D eigenvalue weighted by Gasteiger charge is 2.26. The van der Waals surface area contributed by atoms with Crippen molar-refractivity contribution in [1.82, 2.24) is 15.8 Å². The molecule has 21 heavy (non-hydrogen) atoms. The molecule has 2 N–H and O–H groups in total. The first-order valence-corrected chi connectivity index (χ1v) is 6.80. The van der Waals surface area contributed by atoms with Gasteiger partial charge in [-0.3, -0.25) is 9.59 Å². The Morgan fingerprint density at radius 3 is 2.90 bits per heavy atom. The van der Waals surface area contributed by atoms with Crippen LogP contribution in [0.4, 0.5) is 0 Å². The fraction of sp³-hybridized carbons (Fsp3) is 0.267. The third-order valence-electron chi connectivity index (χ3n) is 3.37. The number of amides is 2. The first-order valence-electron chi connectivity index (χ1n) is 6.80. The molecule has 0 aliphatic carbocycles. The molecule has 2 heterocycles. The monoisotopic (exact) mass is 285 g/mol. The Morgan fingerprint density at radius 2 is 2.19 bits per heavy atom. The number of aromatic nitrogens is 1. The van der Waals surface area contributed by atoms with Gasteiger partial charge in [0.1, 0.15) is 11.7 Å². The van der Waals surface area contributed by atoms with Crippen molar-refractivity contribution in [2.45, 2.75) is 25.4 Å². The van der Waals surface area contributed by atoms with Gasteiger partial charge < -0.3 is 15.2 Å². The molecule has 2 aromatic rings. The summed E-state index contributed by atoms with van der Waals surface area (Å²) >= 11 is 0. The molecule has 2 amide bonds. The average molecular weight is 285 g/mol. The zero-order chi connectivity index (χ0) is 14.7. The first-order chi connectivity index (χ1) is 10.2. The maximum absolute atomic E-state index is 11.9. The topological polar surface area (TPSA) is 84.2 Å². The van der Waals surface area contributed by atoms with E-state index in [-0.39, 0.29) is 18.4 Å². The predicted molar refractivity (Wildman–Crippen MR) is 75.0 cm³/mol. The number of nitrogens with zero attached hydrogens (tertiary/aromatic N) is 1. The number of rotatable bonds is 4. The summed E-state index contributed by atoms with van der Waals surface area (Å²) < 4.78 is 5.25. The second-order valence-electron chi connectivity index (χ2n) is 4.93. The van der Waals surface area contributed by atoms with Gasteiger partial charge in [-0.2, -0.15) is 0 Å². The van der Waals surface area contributed by atoms with Gasteiger partial charge in [0.2, 0.25) is 11.8 Å². The van der Waals surface area contributed by atoms with Crippen molar-refractivity contribution in [3.05, 3.63) is 42.1 Å². The molecule has 0 bridgehead atoms. The van der Waals surface area contributed by atoms with Crippen LogP contribution in [-0.4, -0.2) is 23.0 Å². The standard InChI is InChI=1S/C15H15N3O3/c19-14-7-6-12(17-14)15(20)16-9-11-8-13(21-18-11)10-4-2-1-3-5-10/h1-5,8,12H,6-7,9H2,(H,16,20)(H,17,19)/t12-/m1/s1. The van der Waals surface area contributed by atoms with Gasteiger partial charge >= 0.3 is 0 Å². The molecule has 1 atom stereocenters. The van der Waals surface area contributed by atoms with E-state index < -0.39 is 6.04 Å². The molecule has 6 nitrogen and oxygen atoms in total. The van der Waals surface area contributed by atoms with Crippen molar-refractivity contribution >= 4 is 11.8 Å². The lowest BCUT2D eigenvalue weighted by Gasteiger charge is -2.09. The average Bonchev–Trinajstić information content (AvgIpc) is 3.15. The molecule has 1 fully saturated rings. The van der Waals surface area contributed by atoms with Gasteiger partial charge in [0.05, 0.1) is 6.54 Å². The van der Waals surface area contributed by atoms with Gasteiger partial charge in [-0.15, -0.1) is 0 Å². The van der Waals surface area contributed by atoms with Crippen LogP contribution in [0.15, 0.2) is 40.9 Å². The molecule has 1 saturated heterocycles. The minimum atomic E-state index is -0.432. The van der Waals surface area contributed by atoms with Gasteiger partial charge in [0.15, 0.2) is 5.76 Å². The van der Waals surface area contributed by atoms with Crippen molar-refractivity contribution in [1.29, 1.82) is 0 Å². The van der Waals surface area contributed by atoms with Crippen LogP contribution in [-0.2, 0) is 16.1 Å². The van der Waals surface area contributed by atoms with E-state index in [0.717, 1.165) is 5.56 Å². The maximum atomic E-state index is 11.9. The molecule has 0 spiro atoms. The molecule has 108 valence electrons. The second kappa shape index (κ2) is 5.78. The summed E-state index contributed by atoms with van der Waals surface area (Å²) in [5.41, 5.74) is 1.58. The summed E-state index contributed by atoms with van der Waals surface area (Å²) in [5, 5.41) is 9.31. The molecule has 3 rings (SSSR count). The number of hydrogen-bond donors (Lipinski definition) is 2. The van der Waals surface area contributed by atoms with E-state index >= 15 is 0 Å². The number of hydrogen-bond acceptors (Lipinski definition) is 4. The number of carbonyl (C=O) groups excluding carboxylic acids is 2. The lowest BCUT2D eigenvalue weighted by atomic mass is 10.1. The van der Waals surface area contributed by atoms with Crippen LogP contribution in [0.1, 0.15) is 18.5 Å². The number of carbonyl (C=O) groups is 2. The zero-order valence-electron chi connectivity index (χ0n) is 11.3. The quantitative estimate of drug-likeness (QED) is 0.885. The van der Waals surface area contributed by atoms with Crippen LogP contribution in [0.25, 0.3) is 11.3 Å². The van der Waals surface area contributed by atoms with E-state index in [1.807, 2.05) is 30.3 Å². The molecule has 0 radical (unpaired) electrons. The summed E-state index contributed by atoms with van der Waals surface area (Å²) in [6, 6.07) is 11.0. The normalized spacial score (nSPS) is 17.5. The van der Waals surface area contributed by atoms with Crippen molar-refractivity contribution in [2.24, 2.45) is 0 Å². The van der Waals surface area contributed by atoms with E-state index in [1.54, 1.807) is 6.07 Å². The molecule has 0 saturated carbocycles.